The normalized spacial score (nSPS) is 19.6. The molecule has 0 saturated heterocycles. The molecule has 2 saturated carbocycles. The molecule has 25 heavy (non-hydrogen) atoms. The van der Waals surface area contributed by atoms with Crippen molar-refractivity contribution in [2.75, 3.05) is 0 Å². The summed E-state index contributed by atoms with van der Waals surface area (Å²) in [6, 6.07) is 0. The van der Waals surface area contributed by atoms with Crippen LogP contribution in [0.25, 0.3) is 0 Å². The highest BCUT2D eigenvalue weighted by Gasteiger charge is 2.12. The molecule has 2 aliphatic carbocycles. The summed E-state index contributed by atoms with van der Waals surface area (Å²) in [5.74, 6) is 3.08. The van der Waals surface area contributed by atoms with Crippen LogP contribution in [0.2, 0.25) is 0 Å². The summed E-state index contributed by atoms with van der Waals surface area (Å²) < 4.78 is 0. The quantitative estimate of drug-likeness (QED) is 0.458. The largest absolute Gasteiger partial charge is 0.412 e. The minimum absolute atomic E-state index is 0. The lowest BCUT2D eigenvalue weighted by Gasteiger charge is -2.15. The van der Waals surface area contributed by atoms with Crippen LogP contribution in [-0.4, -0.2) is 11.0 Å². The summed E-state index contributed by atoms with van der Waals surface area (Å²) in [6.07, 6.45) is 22.3. The molecule has 0 aromatic rings. The van der Waals surface area contributed by atoms with E-state index < -0.39 is 0 Å². The zero-order chi connectivity index (χ0) is 17.3. The predicted molar refractivity (Wildman–Crippen MR) is 117 cm³/mol. The molecule has 2 nitrogen and oxygen atoms in total. The summed E-state index contributed by atoms with van der Waals surface area (Å²) in [7, 11) is 0. The lowest BCUT2D eigenvalue weighted by molar-refractivity contribution is 0.383. The smallest absolute Gasteiger partial charge is 0 e. The summed E-state index contributed by atoms with van der Waals surface area (Å²) in [5, 5.41) is 0. The van der Waals surface area contributed by atoms with Crippen molar-refractivity contribution in [2.24, 2.45) is 17.8 Å². The summed E-state index contributed by atoms with van der Waals surface area (Å²) >= 11 is 0. The second-order valence-electron chi connectivity index (χ2n) is 8.05. The zero-order valence-corrected chi connectivity index (χ0v) is 18.3. The molecular formula is C23H54O2. The standard InChI is InChI=1S/C14H28.C7H14.C2H6.2H2O.H2/c1-3-13(2)9-8-12-14-10-6-4-5-7-11-14;1-7-5-3-2-4-6-7;1-2;;;/h13-14H,3-12H2,1-2H3;7H,2-6H2,1H3;1-2H3;2*1H2;1H. The Morgan fingerprint density at radius 2 is 1.24 bits per heavy atom. The first-order valence-corrected chi connectivity index (χ1v) is 11.2. The van der Waals surface area contributed by atoms with Gasteiger partial charge in [-0.05, 0) is 17.8 Å². The fourth-order valence-corrected chi connectivity index (χ4v) is 3.92. The number of hydrogen-bond donors (Lipinski definition) is 0. The molecule has 2 aliphatic rings. The Kier molecular flexibility index (Phi) is 26.1. The lowest BCUT2D eigenvalue weighted by atomic mass is 9.91. The van der Waals surface area contributed by atoms with Gasteiger partial charge in [-0.25, -0.2) is 0 Å². The van der Waals surface area contributed by atoms with Crippen LogP contribution < -0.4 is 0 Å². The van der Waals surface area contributed by atoms with Crippen molar-refractivity contribution in [1.29, 1.82) is 0 Å². The second-order valence-corrected chi connectivity index (χ2v) is 8.05. The lowest BCUT2D eigenvalue weighted by Crippen LogP contribution is -2.00. The first-order chi connectivity index (χ1) is 11.2. The summed E-state index contributed by atoms with van der Waals surface area (Å²) in [4.78, 5) is 0. The molecule has 2 fully saturated rings. The zero-order valence-electron chi connectivity index (χ0n) is 18.3. The fourth-order valence-electron chi connectivity index (χ4n) is 3.92. The molecule has 0 bridgehead atoms. The van der Waals surface area contributed by atoms with Gasteiger partial charge in [0.25, 0.3) is 0 Å². The maximum Gasteiger partial charge on any atom is 0 e. The van der Waals surface area contributed by atoms with E-state index in [0.717, 1.165) is 17.8 Å². The minimum Gasteiger partial charge on any atom is -0.412 e. The Balaban J connectivity index is -0.000000173. The van der Waals surface area contributed by atoms with Crippen LogP contribution in [0, 0.1) is 17.8 Å². The van der Waals surface area contributed by atoms with Crippen LogP contribution >= 0.6 is 0 Å². The molecule has 0 aromatic carbocycles. The predicted octanol–water partition coefficient (Wildman–Crippen LogP) is 7.38. The van der Waals surface area contributed by atoms with Crippen molar-refractivity contribution in [3.8, 4) is 0 Å². The average Bonchev–Trinajstić information content (AvgIpc) is 2.87. The summed E-state index contributed by atoms with van der Waals surface area (Å²) in [5.41, 5.74) is 0. The van der Waals surface area contributed by atoms with E-state index in [2.05, 4.69) is 20.8 Å². The topological polar surface area (TPSA) is 63.0 Å². The van der Waals surface area contributed by atoms with E-state index >= 15 is 0 Å². The Morgan fingerprint density at radius 1 is 0.800 bits per heavy atom. The van der Waals surface area contributed by atoms with Crippen molar-refractivity contribution in [2.45, 2.75) is 131 Å². The van der Waals surface area contributed by atoms with Gasteiger partial charge in [0.2, 0.25) is 0 Å². The third kappa shape index (κ3) is 18.5. The van der Waals surface area contributed by atoms with Gasteiger partial charge in [0.1, 0.15) is 0 Å². The molecule has 4 N–H and O–H groups in total. The Labute approximate surface area is 161 Å². The number of rotatable bonds is 5. The first kappa shape index (κ1) is 29.7. The molecule has 0 heterocycles. The Bertz CT molecular complexity index is 222. The van der Waals surface area contributed by atoms with Crippen LogP contribution in [-0.2, 0) is 0 Å². The highest BCUT2D eigenvalue weighted by Crippen LogP contribution is 2.27. The summed E-state index contributed by atoms with van der Waals surface area (Å²) in [6.45, 7) is 11.1. The highest BCUT2D eigenvalue weighted by molar-refractivity contribution is 4.65. The van der Waals surface area contributed by atoms with Crippen LogP contribution in [0.5, 0.6) is 0 Å². The molecule has 0 spiro atoms. The van der Waals surface area contributed by atoms with E-state index in [1.807, 2.05) is 13.8 Å². The van der Waals surface area contributed by atoms with Gasteiger partial charge in [-0.2, -0.15) is 0 Å². The van der Waals surface area contributed by atoms with Crippen molar-refractivity contribution >= 4 is 0 Å². The Hall–Kier alpha value is -0.0800. The molecule has 1 unspecified atom stereocenters. The van der Waals surface area contributed by atoms with Crippen LogP contribution in [0.3, 0.4) is 0 Å². The molecule has 2 rings (SSSR count). The van der Waals surface area contributed by atoms with E-state index in [9.17, 15) is 0 Å². The average molecular weight is 363 g/mol. The van der Waals surface area contributed by atoms with Crippen LogP contribution in [0.15, 0.2) is 0 Å². The SMILES string of the molecule is CC.CC1CCCCC1.CCC(C)CCCC1CCCCCC1.O.O.[HH]. The third-order valence-electron chi connectivity index (χ3n) is 5.87. The van der Waals surface area contributed by atoms with Crippen molar-refractivity contribution in [1.82, 2.24) is 0 Å². The van der Waals surface area contributed by atoms with Crippen molar-refractivity contribution in [3.05, 3.63) is 0 Å². The first-order valence-electron chi connectivity index (χ1n) is 11.2. The molecule has 158 valence electrons. The van der Waals surface area contributed by atoms with Gasteiger partial charge >= 0.3 is 0 Å². The van der Waals surface area contributed by atoms with Crippen LogP contribution in [0.4, 0.5) is 0 Å². The second kappa shape index (κ2) is 22.0. The maximum absolute atomic E-state index is 2.40. The van der Waals surface area contributed by atoms with Gasteiger partial charge in [-0.1, -0.05) is 131 Å². The van der Waals surface area contributed by atoms with E-state index in [0.29, 0.717) is 0 Å². The molecule has 2 heteroatoms. The van der Waals surface area contributed by atoms with Crippen molar-refractivity contribution < 1.29 is 12.4 Å². The monoisotopic (exact) mass is 362 g/mol. The van der Waals surface area contributed by atoms with E-state index in [4.69, 9.17) is 0 Å². The molecular weight excluding hydrogens is 308 g/mol. The third-order valence-corrected chi connectivity index (χ3v) is 5.87. The van der Waals surface area contributed by atoms with Crippen LogP contribution in [0.1, 0.15) is 132 Å². The highest BCUT2D eigenvalue weighted by atomic mass is 16.0. The van der Waals surface area contributed by atoms with Gasteiger partial charge < -0.3 is 11.0 Å². The van der Waals surface area contributed by atoms with Gasteiger partial charge in [-0.3, -0.25) is 0 Å². The molecule has 0 radical (unpaired) electrons. The minimum atomic E-state index is 0. The van der Waals surface area contributed by atoms with Gasteiger partial charge in [0.15, 0.2) is 0 Å². The van der Waals surface area contributed by atoms with Gasteiger partial charge in [0, 0.05) is 1.43 Å². The Morgan fingerprint density at radius 3 is 1.64 bits per heavy atom. The van der Waals surface area contributed by atoms with Gasteiger partial charge in [-0.15, -0.1) is 0 Å². The fraction of sp³-hybridized carbons (Fsp3) is 1.00. The molecule has 0 aromatic heterocycles. The maximum atomic E-state index is 2.40. The van der Waals surface area contributed by atoms with E-state index in [-0.39, 0.29) is 12.4 Å². The van der Waals surface area contributed by atoms with E-state index in [1.54, 1.807) is 0 Å². The molecule has 1 atom stereocenters. The van der Waals surface area contributed by atoms with E-state index in [1.165, 1.54) is 96.3 Å². The number of hydrogen-bond acceptors (Lipinski definition) is 0. The van der Waals surface area contributed by atoms with Crippen molar-refractivity contribution in [3.63, 3.8) is 0 Å². The van der Waals surface area contributed by atoms with Gasteiger partial charge in [0.05, 0.1) is 0 Å². The molecule has 0 aliphatic heterocycles. The molecule has 0 amide bonds.